The fourth-order valence-electron chi connectivity index (χ4n) is 2.05. The van der Waals surface area contributed by atoms with Crippen LogP contribution in [0, 0.1) is 0 Å². The SMILES string of the molecule is O=S(=O)(NC1CCNCC1)c1ccc(B(O)O)cc1. The molecule has 1 aromatic rings. The van der Waals surface area contributed by atoms with E-state index in [-0.39, 0.29) is 16.4 Å². The Kier molecular flexibility index (Phi) is 4.59. The maximum absolute atomic E-state index is 12.1. The van der Waals surface area contributed by atoms with Gasteiger partial charge >= 0.3 is 7.12 Å². The fraction of sp³-hybridized carbons (Fsp3) is 0.455. The molecule has 1 heterocycles. The number of piperidine rings is 1. The molecule has 104 valence electrons. The van der Waals surface area contributed by atoms with Crippen LogP contribution in [-0.4, -0.2) is 44.7 Å². The number of hydrogen-bond donors (Lipinski definition) is 4. The van der Waals surface area contributed by atoms with Gasteiger partial charge in [-0.05, 0) is 43.5 Å². The van der Waals surface area contributed by atoms with Gasteiger partial charge in [-0.1, -0.05) is 12.1 Å². The minimum Gasteiger partial charge on any atom is -0.423 e. The molecule has 1 saturated heterocycles. The van der Waals surface area contributed by atoms with Crippen LogP contribution in [0.4, 0.5) is 0 Å². The highest BCUT2D eigenvalue weighted by molar-refractivity contribution is 7.89. The molecule has 6 nitrogen and oxygen atoms in total. The van der Waals surface area contributed by atoms with E-state index in [0.717, 1.165) is 25.9 Å². The molecule has 0 bridgehead atoms. The van der Waals surface area contributed by atoms with E-state index < -0.39 is 17.1 Å². The van der Waals surface area contributed by atoms with Crippen LogP contribution in [0.15, 0.2) is 29.2 Å². The molecule has 0 atom stereocenters. The van der Waals surface area contributed by atoms with Crippen molar-refractivity contribution in [3.8, 4) is 0 Å². The lowest BCUT2D eigenvalue weighted by atomic mass is 9.81. The van der Waals surface area contributed by atoms with Crippen molar-refractivity contribution in [1.29, 1.82) is 0 Å². The summed E-state index contributed by atoms with van der Waals surface area (Å²) in [6.07, 6.45) is 1.54. The molecule has 1 fully saturated rings. The Balaban J connectivity index is 2.10. The fourth-order valence-corrected chi connectivity index (χ4v) is 3.35. The number of sulfonamides is 1. The number of benzene rings is 1. The molecule has 19 heavy (non-hydrogen) atoms. The van der Waals surface area contributed by atoms with Gasteiger partial charge in [0.25, 0.3) is 0 Å². The summed E-state index contributed by atoms with van der Waals surface area (Å²) in [4.78, 5) is 0.135. The van der Waals surface area contributed by atoms with Crippen LogP contribution in [0.1, 0.15) is 12.8 Å². The van der Waals surface area contributed by atoms with Gasteiger partial charge in [0.15, 0.2) is 0 Å². The normalized spacial score (nSPS) is 17.4. The Morgan fingerprint density at radius 2 is 1.74 bits per heavy atom. The third kappa shape index (κ3) is 3.77. The summed E-state index contributed by atoms with van der Waals surface area (Å²) >= 11 is 0. The second kappa shape index (κ2) is 6.02. The van der Waals surface area contributed by atoms with Gasteiger partial charge in [0.2, 0.25) is 10.0 Å². The minimum absolute atomic E-state index is 0.0469. The highest BCUT2D eigenvalue weighted by Gasteiger charge is 2.22. The maximum Gasteiger partial charge on any atom is 0.488 e. The van der Waals surface area contributed by atoms with Gasteiger partial charge in [-0.3, -0.25) is 0 Å². The van der Waals surface area contributed by atoms with E-state index in [2.05, 4.69) is 10.0 Å². The third-order valence-corrected chi connectivity index (χ3v) is 4.69. The van der Waals surface area contributed by atoms with Crippen molar-refractivity contribution in [3.05, 3.63) is 24.3 Å². The Bertz CT molecular complexity index is 512. The average molecular weight is 284 g/mol. The van der Waals surface area contributed by atoms with Crippen LogP contribution in [0.5, 0.6) is 0 Å². The molecule has 0 unspecified atom stereocenters. The molecule has 8 heteroatoms. The Labute approximate surface area is 113 Å². The summed E-state index contributed by atoms with van der Waals surface area (Å²) in [5.41, 5.74) is 0.265. The quantitative estimate of drug-likeness (QED) is 0.499. The zero-order valence-electron chi connectivity index (χ0n) is 10.4. The van der Waals surface area contributed by atoms with Crippen LogP contribution in [0.3, 0.4) is 0 Å². The first-order valence-corrected chi connectivity index (χ1v) is 7.66. The van der Waals surface area contributed by atoms with E-state index in [4.69, 9.17) is 10.0 Å². The van der Waals surface area contributed by atoms with Crippen LogP contribution < -0.4 is 15.5 Å². The van der Waals surface area contributed by atoms with Gasteiger partial charge in [-0.2, -0.15) is 0 Å². The first kappa shape index (κ1) is 14.5. The highest BCUT2D eigenvalue weighted by Crippen LogP contribution is 2.11. The predicted octanol–water partition coefficient (Wildman–Crippen LogP) is -1.60. The Morgan fingerprint density at radius 3 is 2.26 bits per heavy atom. The predicted molar refractivity (Wildman–Crippen MR) is 72.5 cm³/mol. The minimum atomic E-state index is -3.54. The zero-order chi connectivity index (χ0) is 13.9. The number of nitrogens with one attached hydrogen (secondary N) is 2. The lowest BCUT2D eigenvalue weighted by Gasteiger charge is -2.23. The summed E-state index contributed by atoms with van der Waals surface area (Å²) in [5.74, 6) is 0. The molecular formula is C11H17BN2O4S. The smallest absolute Gasteiger partial charge is 0.423 e. The number of rotatable bonds is 4. The molecule has 0 spiro atoms. The van der Waals surface area contributed by atoms with Crippen molar-refractivity contribution >= 4 is 22.6 Å². The Hall–Kier alpha value is -0.925. The van der Waals surface area contributed by atoms with E-state index in [9.17, 15) is 8.42 Å². The lowest BCUT2D eigenvalue weighted by Crippen LogP contribution is -2.42. The van der Waals surface area contributed by atoms with Gasteiger partial charge in [0.05, 0.1) is 4.90 Å². The molecule has 1 aliphatic rings. The van der Waals surface area contributed by atoms with Gasteiger partial charge in [-0.25, -0.2) is 13.1 Å². The van der Waals surface area contributed by atoms with Crippen LogP contribution in [-0.2, 0) is 10.0 Å². The highest BCUT2D eigenvalue weighted by atomic mass is 32.2. The zero-order valence-corrected chi connectivity index (χ0v) is 11.2. The molecule has 0 radical (unpaired) electrons. The van der Waals surface area contributed by atoms with Crippen LogP contribution in [0.2, 0.25) is 0 Å². The molecule has 0 aliphatic carbocycles. The molecule has 0 aromatic heterocycles. The summed E-state index contributed by atoms with van der Waals surface area (Å²) in [6.45, 7) is 1.62. The topological polar surface area (TPSA) is 98.7 Å². The van der Waals surface area contributed by atoms with Crippen molar-refractivity contribution in [2.75, 3.05) is 13.1 Å². The number of hydrogen-bond acceptors (Lipinski definition) is 5. The van der Waals surface area contributed by atoms with Crippen molar-refractivity contribution in [3.63, 3.8) is 0 Å². The van der Waals surface area contributed by atoms with Crippen molar-refractivity contribution in [2.24, 2.45) is 0 Å². The summed E-state index contributed by atoms with van der Waals surface area (Å²) < 4.78 is 26.9. The van der Waals surface area contributed by atoms with E-state index in [0.29, 0.717) is 0 Å². The van der Waals surface area contributed by atoms with Gasteiger partial charge in [-0.15, -0.1) is 0 Å². The van der Waals surface area contributed by atoms with Crippen LogP contribution >= 0.6 is 0 Å². The van der Waals surface area contributed by atoms with Crippen LogP contribution in [0.25, 0.3) is 0 Å². The molecule has 0 saturated carbocycles. The summed E-state index contributed by atoms with van der Waals surface area (Å²) in [7, 11) is -5.13. The van der Waals surface area contributed by atoms with E-state index in [1.807, 2.05) is 0 Å². The third-order valence-electron chi connectivity index (χ3n) is 3.15. The maximum atomic E-state index is 12.1. The molecule has 2 rings (SSSR count). The Morgan fingerprint density at radius 1 is 1.16 bits per heavy atom. The molecule has 4 N–H and O–H groups in total. The average Bonchev–Trinajstić information content (AvgIpc) is 2.39. The summed E-state index contributed by atoms with van der Waals surface area (Å²) in [5, 5.41) is 21.1. The van der Waals surface area contributed by atoms with Crippen molar-refractivity contribution < 1.29 is 18.5 Å². The van der Waals surface area contributed by atoms with E-state index >= 15 is 0 Å². The first-order valence-electron chi connectivity index (χ1n) is 6.18. The lowest BCUT2D eigenvalue weighted by molar-refractivity contribution is 0.425. The molecular weight excluding hydrogens is 267 g/mol. The summed E-state index contributed by atoms with van der Waals surface area (Å²) in [6, 6.07) is 5.48. The van der Waals surface area contributed by atoms with Gasteiger partial charge in [0, 0.05) is 6.04 Å². The van der Waals surface area contributed by atoms with Crippen molar-refractivity contribution in [2.45, 2.75) is 23.8 Å². The van der Waals surface area contributed by atoms with E-state index in [1.165, 1.54) is 24.3 Å². The molecule has 1 aliphatic heterocycles. The molecule has 0 amide bonds. The monoisotopic (exact) mass is 284 g/mol. The second-order valence-corrected chi connectivity index (χ2v) is 6.30. The van der Waals surface area contributed by atoms with Crippen molar-refractivity contribution in [1.82, 2.24) is 10.0 Å². The van der Waals surface area contributed by atoms with E-state index in [1.54, 1.807) is 0 Å². The second-order valence-electron chi connectivity index (χ2n) is 4.59. The molecule has 1 aromatic carbocycles. The standard InChI is InChI=1S/C11H17BN2O4S/c15-12(16)9-1-3-11(4-2-9)19(17,18)14-10-5-7-13-8-6-10/h1-4,10,13-16H,5-8H2. The first-order chi connectivity index (χ1) is 8.99. The van der Waals surface area contributed by atoms with Gasteiger partial charge in [0.1, 0.15) is 0 Å². The largest absolute Gasteiger partial charge is 0.488 e. The van der Waals surface area contributed by atoms with Gasteiger partial charge < -0.3 is 15.4 Å².